The largest absolute Gasteiger partial charge is 0.497 e. The third kappa shape index (κ3) is 6.00. The molecule has 0 aromatic heterocycles. The molecule has 0 radical (unpaired) electrons. The summed E-state index contributed by atoms with van der Waals surface area (Å²) in [6.07, 6.45) is 2.72. The monoisotopic (exact) mass is 424 g/mol. The van der Waals surface area contributed by atoms with Gasteiger partial charge in [-0.2, -0.15) is 0 Å². The Morgan fingerprint density at radius 3 is 2.48 bits per heavy atom. The zero-order valence-corrected chi connectivity index (χ0v) is 18.6. The molecule has 2 aromatic carbocycles. The molecular formula is C25H32N2O4. The van der Waals surface area contributed by atoms with Gasteiger partial charge in [-0.3, -0.25) is 9.59 Å². The fraction of sp³-hybridized carbons (Fsp3) is 0.440. The molecule has 0 aliphatic carbocycles. The summed E-state index contributed by atoms with van der Waals surface area (Å²) in [5.41, 5.74) is 1.51. The smallest absolute Gasteiger partial charge is 0.227 e. The van der Waals surface area contributed by atoms with Crippen LogP contribution in [0.4, 0.5) is 0 Å². The van der Waals surface area contributed by atoms with Crippen LogP contribution in [0.15, 0.2) is 48.5 Å². The summed E-state index contributed by atoms with van der Waals surface area (Å²) >= 11 is 0. The molecule has 1 aliphatic rings. The van der Waals surface area contributed by atoms with Gasteiger partial charge in [0.1, 0.15) is 11.5 Å². The van der Waals surface area contributed by atoms with Crippen molar-refractivity contribution in [3.8, 4) is 11.5 Å². The van der Waals surface area contributed by atoms with Gasteiger partial charge in [0.15, 0.2) is 0 Å². The van der Waals surface area contributed by atoms with Crippen molar-refractivity contribution < 1.29 is 19.1 Å². The number of piperidine rings is 1. The molecule has 0 spiro atoms. The van der Waals surface area contributed by atoms with Crippen molar-refractivity contribution in [1.29, 1.82) is 0 Å². The molecule has 3 rings (SSSR count). The molecule has 2 amide bonds. The zero-order chi connectivity index (χ0) is 22.3. The number of hydrogen-bond donors (Lipinski definition) is 1. The van der Waals surface area contributed by atoms with Gasteiger partial charge in [0.05, 0.1) is 19.6 Å². The first kappa shape index (κ1) is 22.7. The van der Waals surface area contributed by atoms with Gasteiger partial charge < -0.3 is 19.7 Å². The molecule has 1 aliphatic heterocycles. The lowest BCUT2D eigenvalue weighted by molar-refractivity contribution is -0.140. The van der Waals surface area contributed by atoms with Gasteiger partial charge in [0.25, 0.3) is 0 Å². The molecular weight excluding hydrogens is 392 g/mol. The number of aryl methyl sites for hydroxylation is 1. The molecule has 1 heterocycles. The van der Waals surface area contributed by atoms with Crippen molar-refractivity contribution in [3.63, 3.8) is 0 Å². The highest BCUT2D eigenvalue weighted by molar-refractivity contribution is 5.84. The van der Waals surface area contributed by atoms with E-state index in [1.165, 1.54) is 0 Å². The van der Waals surface area contributed by atoms with E-state index in [-0.39, 0.29) is 11.8 Å². The third-order valence-corrected chi connectivity index (χ3v) is 5.97. The fourth-order valence-corrected chi connectivity index (χ4v) is 4.02. The maximum absolute atomic E-state index is 13.0. The van der Waals surface area contributed by atoms with Gasteiger partial charge >= 0.3 is 0 Å². The fourth-order valence-electron chi connectivity index (χ4n) is 4.02. The van der Waals surface area contributed by atoms with E-state index in [2.05, 4.69) is 5.32 Å². The summed E-state index contributed by atoms with van der Waals surface area (Å²) in [5, 5.41) is 3.04. The van der Waals surface area contributed by atoms with E-state index >= 15 is 0 Å². The molecule has 166 valence electrons. The summed E-state index contributed by atoms with van der Waals surface area (Å²) in [5.74, 6) is 1.66. The van der Waals surface area contributed by atoms with Crippen LogP contribution in [-0.4, -0.2) is 44.0 Å². The normalized spacial score (nSPS) is 18.4. The van der Waals surface area contributed by atoms with Gasteiger partial charge in [-0.25, -0.2) is 0 Å². The Morgan fingerprint density at radius 1 is 1.03 bits per heavy atom. The minimum Gasteiger partial charge on any atom is -0.497 e. The van der Waals surface area contributed by atoms with Crippen LogP contribution in [-0.2, 0) is 22.6 Å². The maximum atomic E-state index is 13.0. The maximum Gasteiger partial charge on any atom is 0.227 e. The number of rotatable bonds is 8. The summed E-state index contributed by atoms with van der Waals surface area (Å²) < 4.78 is 10.4. The van der Waals surface area contributed by atoms with E-state index in [0.717, 1.165) is 35.5 Å². The number of nitrogens with zero attached hydrogens (tertiary/aromatic N) is 1. The highest BCUT2D eigenvalue weighted by Gasteiger charge is 2.39. The molecule has 1 saturated heterocycles. The third-order valence-electron chi connectivity index (χ3n) is 5.97. The number of ether oxygens (including phenoxy) is 2. The minimum atomic E-state index is -0.576. The first-order valence-electron chi connectivity index (χ1n) is 10.8. The first-order valence-corrected chi connectivity index (χ1v) is 10.8. The molecule has 2 aromatic rings. The molecule has 1 atom stereocenters. The van der Waals surface area contributed by atoms with Crippen molar-refractivity contribution >= 4 is 11.8 Å². The second-order valence-corrected chi connectivity index (χ2v) is 8.36. The Balaban J connectivity index is 1.53. The van der Waals surface area contributed by atoms with Crippen molar-refractivity contribution in [2.75, 3.05) is 27.3 Å². The van der Waals surface area contributed by atoms with Crippen molar-refractivity contribution in [2.45, 2.75) is 39.2 Å². The zero-order valence-electron chi connectivity index (χ0n) is 18.6. The van der Waals surface area contributed by atoms with Crippen LogP contribution in [0.2, 0.25) is 0 Å². The van der Waals surface area contributed by atoms with Crippen molar-refractivity contribution in [1.82, 2.24) is 10.2 Å². The molecule has 0 unspecified atom stereocenters. The van der Waals surface area contributed by atoms with Crippen LogP contribution in [0.3, 0.4) is 0 Å². The molecule has 1 fully saturated rings. The number of carbonyl (C=O) groups is 2. The Labute approximate surface area is 184 Å². The lowest BCUT2D eigenvalue weighted by Gasteiger charge is -2.39. The number of carbonyl (C=O) groups excluding carboxylic acids is 2. The molecule has 6 heteroatoms. The average molecular weight is 425 g/mol. The van der Waals surface area contributed by atoms with E-state index in [4.69, 9.17) is 9.47 Å². The van der Waals surface area contributed by atoms with Crippen LogP contribution < -0.4 is 14.8 Å². The van der Waals surface area contributed by atoms with E-state index in [9.17, 15) is 9.59 Å². The SMILES string of the molecule is COc1ccc(CCC(=O)N2CCC[C@@](C)(C(=O)NCc3cccc(OC)c3)C2)cc1. The molecule has 6 nitrogen and oxygen atoms in total. The topological polar surface area (TPSA) is 67.9 Å². The van der Waals surface area contributed by atoms with E-state index in [0.29, 0.717) is 32.5 Å². The minimum absolute atomic E-state index is 0.0111. The number of amides is 2. The molecule has 1 N–H and O–H groups in total. The Morgan fingerprint density at radius 2 is 1.77 bits per heavy atom. The van der Waals surface area contributed by atoms with Crippen molar-refractivity contribution in [2.24, 2.45) is 5.41 Å². The summed E-state index contributed by atoms with van der Waals surface area (Å²) in [4.78, 5) is 27.6. The van der Waals surface area contributed by atoms with E-state index < -0.39 is 5.41 Å². The summed E-state index contributed by atoms with van der Waals surface area (Å²) in [6, 6.07) is 15.4. The summed E-state index contributed by atoms with van der Waals surface area (Å²) in [7, 11) is 3.26. The predicted octanol–water partition coefficient (Wildman–Crippen LogP) is 3.58. The van der Waals surface area contributed by atoms with Crippen LogP contribution >= 0.6 is 0 Å². The molecule has 0 bridgehead atoms. The number of benzene rings is 2. The Bertz CT molecular complexity index is 897. The highest BCUT2D eigenvalue weighted by atomic mass is 16.5. The quantitative estimate of drug-likeness (QED) is 0.703. The molecule has 31 heavy (non-hydrogen) atoms. The number of likely N-dealkylation sites (tertiary alicyclic amines) is 1. The number of hydrogen-bond acceptors (Lipinski definition) is 4. The van der Waals surface area contributed by atoms with Crippen LogP contribution in [0.25, 0.3) is 0 Å². The standard InChI is InChI=1S/C25H32N2O4/c1-25(24(29)26-17-20-6-4-7-22(16-20)31-3)14-5-15-27(18-25)23(28)13-10-19-8-11-21(30-2)12-9-19/h4,6-9,11-12,16H,5,10,13-15,17-18H2,1-3H3,(H,26,29)/t25-/m1/s1. The van der Waals surface area contributed by atoms with Gasteiger partial charge in [-0.15, -0.1) is 0 Å². The van der Waals surface area contributed by atoms with Crippen LogP contribution in [0.5, 0.6) is 11.5 Å². The van der Waals surface area contributed by atoms with Gasteiger partial charge in [0.2, 0.25) is 11.8 Å². The summed E-state index contributed by atoms with van der Waals surface area (Å²) in [6.45, 7) is 3.56. The highest BCUT2D eigenvalue weighted by Crippen LogP contribution is 2.30. The second kappa shape index (κ2) is 10.3. The lowest BCUT2D eigenvalue weighted by Crippen LogP contribution is -2.51. The lowest BCUT2D eigenvalue weighted by atomic mass is 9.80. The van der Waals surface area contributed by atoms with Gasteiger partial charge in [0, 0.05) is 26.1 Å². The van der Waals surface area contributed by atoms with Crippen molar-refractivity contribution in [3.05, 3.63) is 59.7 Å². The second-order valence-electron chi connectivity index (χ2n) is 8.36. The van der Waals surface area contributed by atoms with Crippen LogP contribution in [0.1, 0.15) is 37.3 Å². The van der Waals surface area contributed by atoms with Gasteiger partial charge in [-0.05, 0) is 61.6 Å². The Kier molecular flexibility index (Phi) is 7.55. The first-order chi connectivity index (χ1) is 14.9. The van der Waals surface area contributed by atoms with Gasteiger partial charge in [-0.1, -0.05) is 24.3 Å². The number of nitrogens with one attached hydrogen (secondary N) is 1. The average Bonchev–Trinajstić information content (AvgIpc) is 2.81. The number of methoxy groups -OCH3 is 2. The predicted molar refractivity (Wildman–Crippen MR) is 120 cm³/mol. The molecule has 0 saturated carbocycles. The van der Waals surface area contributed by atoms with Crippen LogP contribution in [0, 0.1) is 5.41 Å². The van der Waals surface area contributed by atoms with E-state index in [1.54, 1.807) is 14.2 Å². The van der Waals surface area contributed by atoms with E-state index in [1.807, 2.05) is 60.4 Å². The Hall–Kier alpha value is -3.02.